The number of benzene rings is 1. The lowest BCUT2D eigenvalue weighted by Crippen LogP contribution is -2.33. The summed E-state index contributed by atoms with van der Waals surface area (Å²) >= 11 is 0. The highest BCUT2D eigenvalue weighted by Gasteiger charge is 2.12. The highest BCUT2D eigenvalue weighted by molar-refractivity contribution is 5.48. The van der Waals surface area contributed by atoms with Gasteiger partial charge in [0.2, 0.25) is 0 Å². The van der Waals surface area contributed by atoms with Crippen LogP contribution in [0.3, 0.4) is 0 Å². The van der Waals surface area contributed by atoms with Crippen molar-refractivity contribution in [1.29, 1.82) is 0 Å². The molecule has 0 bridgehead atoms. The fourth-order valence-corrected chi connectivity index (χ4v) is 1.95. The van der Waals surface area contributed by atoms with Gasteiger partial charge in [-0.2, -0.15) is 0 Å². The van der Waals surface area contributed by atoms with Gasteiger partial charge in [-0.15, -0.1) is 0 Å². The Morgan fingerprint density at radius 3 is 2.29 bits per heavy atom. The first kappa shape index (κ1) is 14.0. The van der Waals surface area contributed by atoms with Crippen LogP contribution < -0.4 is 5.73 Å². The van der Waals surface area contributed by atoms with Gasteiger partial charge in [-0.25, -0.2) is 0 Å². The fraction of sp³-hybridized carbons (Fsp3) is 0.600. The highest BCUT2D eigenvalue weighted by Crippen LogP contribution is 2.16. The molecule has 0 aromatic heterocycles. The molecule has 0 aliphatic rings. The van der Waals surface area contributed by atoms with Crippen molar-refractivity contribution in [3.63, 3.8) is 0 Å². The summed E-state index contributed by atoms with van der Waals surface area (Å²) in [6.45, 7) is 13.2. The summed E-state index contributed by atoms with van der Waals surface area (Å²) in [5.74, 6) is 0.695. The predicted octanol–water partition coefficient (Wildman–Crippen LogP) is 3.44. The van der Waals surface area contributed by atoms with E-state index in [2.05, 4.69) is 50.8 Å². The Hall–Kier alpha value is -1.02. The second kappa shape index (κ2) is 6.06. The van der Waals surface area contributed by atoms with Crippen LogP contribution in [0, 0.1) is 12.8 Å². The first-order valence-electron chi connectivity index (χ1n) is 6.49. The van der Waals surface area contributed by atoms with Gasteiger partial charge in [-0.3, -0.25) is 4.90 Å². The molecule has 2 N–H and O–H groups in total. The standard InChI is InChI=1S/C15H26N2/c1-11(2)9-17(12(3)4)10-14-7-6-13(5)15(16)8-14/h6-8,11-12H,9-10,16H2,1-5H3. The normalized spacial score (nSPS) is 11.8. The average Bonchev–Trinajstić information content (AvgIpc) is 2.21. The summed E-state index contributed by atoms with van der Waals surface area (Å²) < 4.78 is 0. The van der Waals surface area contributed by atoms with Gasteiger partial charge >= 0.3 is 0 Å². The fourth-order valence-electron chi connectivity index (χ4n) is 1.95. The number of hydrogen-bond acceptors (Lipinski definition) is 2. The van der Waals surface area contributed by atoms with E-state index < -0.39 is 0 Å². The van der Waals surface area contributed by atoms with Gasteiger partial charge in [0.25, 0.3) is 0 Å². The lowest BCUT2D eigenvalue weighted by molar-refractivity contribution is 0.189. The molecule has 0 saturated heterocycles. The Bertz CT molecular complexity index is 356. The van der Waals surface area contributed by atoms with E-state index in [1.165, 1.54) is 5.56 Å². The largest absolute Gasteiger partial charge is 0.399 e. The van der Waals surface area contributed by atoms with E-state index in [1.807, 2.05) is 6.92 Å². The van der Waals surface area contributed by atoms with Crippen LogP contribution in [0.15, 0.2) is 18.2 Å². The molecule has 0 spiro atoms. The second-order valence-corrected chi connectivity index (χ2v) is 5.61. The van der Waals surface area contributed by atoms with Crippen molar-refractivity contribution in [2.45, 2.75) is 47.2 Å². The molecule has 1 aromatic rings. The summed E-state index contributed by atoms with van der Waals surface area (Å²) in [5.41, 5.74) is 9.32. The minimum atomic E-state index is 0.569. The number of nitrogen functional groups attached to an aromatic ring is 1. The molecule has 2 nitrogen and oxygen atoms in total. The molecule has 0 heterocycles. The maximum Gasteiger partial charge on any atom is 0.0346 e. The Balaban J connectivity index is 2.75. The topological polar surface area (TPSA) is 29.3 Å². The van der Waals surface area contributed by atoms with Crippen LogP contribution in [-0.4, -0.2) is 17.5 Å². The number of rotatable bonds is 5. The van der Waals surface area contributed by atoms with Gasteiger partial charge in [-0.1, -0.05) is 26.0 Å². The smallest absolute Gasteiger partial charge is 0.0346 e. The number of hydrogen-bond donors (Lipinski definition) is 1. The zero-order valence-electron chi connectivity index (χ0n) is 11.8. The van der Waals surface area contributed by atoms with Crippen LogP contribution in [0.5, 0.6) is 0 Å². The summed E-state index contributed by atoms with van der Waals surface area (Å²) in [4.78, 5) is 2.49. The van der Waals surface area contributed by atoms with Crippen LogP contribution in [0.2, 0.25) is 0 Å². The minimum Gasteiger partial charge on any atom is -0.399 e. The molecule has 2 heteroatoms. The third-order valence-electron chi connectivity index (χ3n) is 3.06. The van der Waals surface area contributed by atoms with E-state index in [9.17, 15) is 0 Å². The summed E-state index contributed by atoms with van der Waals surface area (Å²) in [5, 5.41) is 0. The van der Waals surface area contributed by atoms with Crippen LogP contribution >= 0.6 is 0 Å². The zero-order chi connectivity index (χ0) is 13.0. The molecule has 1 rings (SSSR count). The molecule has 0 aliphatic carbocycles. The third kappa shape index (κ3) is 4.39. The predicted molar refractivity (Wildman–Crippen MR) is 76.0 cm³/mol. The number of nitrogens with two attached hydrogens (primary N) is 1. The Labute approximate surface area is 106 Å². The van der Waals surface area contributed by atoms with Gasteiger partial charge in [0.15, 0.2) is 0 Å². The van der Waals surface area contributed by atoms with Crippen molar-refractivity contribution in [3.8, 4) is 0 Å². The Kier molecular flexibility index (Phi) is 5.01. The average molecular weight is 234 g/mol. The molecular formula is C15H26N2. The molecule has 0 amide bonds. The summed E-state index contributed by atoms with van der Waals surface area (Å²) in [6, 6.07) is 6.96. The van der Waals surface area contributed by atoms with Gasteiger partial charge in [0.05, 0.1) is 0 Å². The molecule has 17 heavy (non-hydrogen) atoms. The quantitative estimate of drug-likeness (QED) is 0.791. The first-order valence-corrected chi connectivity index (χ1v) is 6.49. The molecule has 0 radical (unpaired) electrons. The molecule has 96 valence electrons. The molecule has 0 aliphatic heterocycles. The lowest BCUT2D eigenvalue weighted by atomic mass is 10.1. The van der Waals surface area contributed by atoms with Crippen molar-refractivity contribution < 1.29 is 0 Å². The maximum absolute atomic E-state index is 5.96. The third-order valence-corrected chi connectivity index (χ3v) is 3.06. The molecule has 0 fully saturated rings. The van der Waals surface area contributed by atoms with E-state index in [1.54, 1.807) is 0 Å². The van der Waals surface area contributed by atoms with Crippen LogP contribution in [0.1, 0.15) is 38.8 Å². The van der Waals surface area contributed by atoms with Crippen LogP contribution in [0.4, 0.5) is 5.69 Å². The second-order valence-electron chi connectivity index (χ2n) is 5.61. The Morgan fingerprint density at radius 1 is 1.18 bits per heavy atom. The molecule has 0 unspecified atom stereocenters. The van der Waals surface area contributed by atoms with Crippen molar-refractivity contribution in [3.05, 3.63) is 29.3 Å². The summed E-state index contributed by atoms with van der Waals surface area (Å²) in [6.07, 6.45) is 0. The van der Waals surface area contributed by atoms with E-state index in [0.29, 0.717) is 12.0 Å². The molecule has 1 aromatic carbocycles. The minimum absolute atomic E-state index is 0.569. The SMILES string of the molecule is Cc1ccc(CN(CC(C)C)C(C)C)cc1N. The number of anilines is 1. The van der Waals surface area contributed by atoms with Crippen molar-refractivity contribution in [2.75, 3.05) is 12.3 Å². The van der Waals surface area contributed by atoms with Crippen LogP contribution in [0.25, 0.3) is 0 Å². The highest BCUT2D eigenvalue weighted by atomic mass is 15.1. The monoisotopic (exact) mass is 234 g/mol. The van der Waals surface area contributed by atoms with E-state index in [0.717, 1.165) is 24.3 Å². The van der Waals surface area contributed by atoms with Gasteiger partial charge in [-0.05, 0) is 43.9 Å². The van der Waals surface area contributed by atoms with Gasteiger partial charge < -0.3 is 5.73 Å². The first-order chi connectivity index (χ1) is 7.90. The number of aryl methyl sites for hydroxylation is 1. The zero-order valence-corrected chi connectivity index (χ0v) is 11.8. The molecule has 0 saturated carbocycles. The van der Waals surface area contributed by atoms with Crippen molar-refractivity contribution in [1.82, 2.24) is 4.90 Å². The van der Waals surface area contributed by atoms with Crippen LogP contribution in [-0.2, 0) is 6.54 Å². The van der Waals surface area contributed by atoms with E-state index >= 15 is 0 Å². The maximum atomic E-state index is 5.96. The Morgan fingerprint density at radius 2 is 1.82 bits per heavy atom. The van der Waals surface area contributed by atoms with E-state index in [-0.39, 0.29) is 0 Å². The van der Waals surface area contributed by atoms with Crippen molar-refractivity contribution in [2.24, 2.45) is 5.92 Å². The summed E-state index contributed by atoms with van der Waals surface area (Å²) in [7, 11) is 0. The lowest BCUT2D eigenvalue weighted by Gasteiger charge is -2.28. The van der Waals surface area contributed by atoms with Gasteiger partial charge in [0.1, 0.15) is 0 Å². The molecule has 0 atom stereocenters. The molecular weight excluding hydrogens is 208 g/mol. The van der Waals surface area contributed by atoms with Gasteiger partial charge in [0, 0.05) is 24.8 Å². The van der Waals surface area contributed by atoms with E-state index in [4.69, 9.17) is 5.73 Å². The number of nitrogens with zero attached hydrogens (tertiary/aromatic N) is 1. The van der Waals surface area contributed by atoms with Crippen molar-refractivity contribution >= 4 is 5.69 Å².